The third-order valence-electron chi connectivity index (χ3n) is 5.66. The highest BCUT2D eigenvalue weighted by Crippen LogP contribution is 2.13. The van der Waals surface area contributed by atoms with Crippen LogP contribution in [0.4, 0.5) is 0 Å². The van der Waals surface area contributed by atoms with E-state index in [1.807, 2.05) is 6.33 Å². The lowest BCUT2D eigenvalue weighted by Crippen LogP contribution is -2.49. The van der Waals surface area contributed by atoms with Gasteiger partial charge in [-0.2, -0.15) is 0 Å². The van der Waals surface area contributed by atoms with Gasteiger partial charge in [0.15, 0.2) is 5.96 Å². The highest BCUT2D eigenvalue weighted by Gasteiger charge is 2.20. The summed E-state index contributed by atoms with van der Waals surface area (Å²) in [6, 6.07) is 0.500. The lowest BCUT2D eigenvalue weighted by Gasteiger charge is -2.33. The van der Waals surface area contributed by atoms with Gasteiger partial charge in [0, 0.05) is 57.7 Å². The van der Waals surface area contributed by atoms with Crippen molar-refractivity contribution in [2.24, 2.45) is 10.9 Å². The SMILES string of the molecule is CCCN1CCC(NC(=NCC2CCOC2)NCCn2cnnc2CC)CC1. The number of likely N-dealkylation sites (tertiary alicyclic amines) is 1. The topological polar surface area (TPSA) is 79.6 Å². The molecule has 0 amide bonds. The molecule has 2 N–H and O–H groups in total. The Morgan fingerprint density at radius 2 is 2.11 bits per heavy atom. The predicted molar refractivity (Wildman–Crippen MR) is 112 cm³/mol. The van der Waals surface area contributed by atoms with Crippen LogP contribution in [0.1, 0.15) is 45.4 Å². The zero-order valence-electron chi connectivity index (χ0n) is 17.6. The summed E-state index contributed by atoms with van der Waals surface area (Å²) in [5.41, 5.74) is 0. The zero-order chi connectivity index (χ0) is 19.6. The third-order valence-corrected chi connectivity index (χ3v) is 5.66. The average Bonchev–Trinajstić information content (AvgIpc) is 3.39. The number of nitrogens with one attached hydrogen (secondary N) is 2. The molecule has 0 radical (unpaired) electrons. The van der Waals surface area contributed by atoms with E-state index in [1.165, 1.54) is 38.9 Å². The van der Waals surface area contributed by atoms with Gasteiger partial charge in [-0.25, -0.2) is 0 Å². The number of rotatable bonds is 9. The summed E-state index contributed by atoms with van der Waals surface area (Å²) >= 11 is 0. The van der Waals surface area contributed by atoms with Crippen molar-refractivity contribution in [3.05, 3.63) is 12.2 Å². The van der Waals surface area contributed by atoms with E-state index in [1.54, 1.807) is 0 Å². The molecule has 1 aromatic heterocycles. The summed E-state index contributed by atoms with van der Waals surface area (Å²) in [6.07, 6.45) is 7.42. The molecular formula is C20H37N7O. The van der Waals surface area contributed by atoms with Crippen LogP contribution in [0.15, 0.2) is 11.3 Å². The van der Waals surface area contributed by atoms with Gasteiger partial charge in [-0.3, -0.25) is 4.99 Å². The van der Waals surface area contributed by atoms with Gasteiger partial charge in [0.2, 0.25) is 0 Å². The molecule has 1 aromatic rings. The van der Waals surface area contributed by atoms with Crippen molar-refractivity contribution in [3.63, 3.8) is 0 Å². The number of nitrogens with zero attached hydrogens (tertiary/aromatic N) is 5. The molecule has 2 saturated heterocycles. The van der Waals surface area contributed by atoms with Crippen LogP contribution in [0.2, 0.25) is 0 Å². The van der Waals surface area contributed by atoms with Crippen LogP contribution in [0.5, 0.6) is 0 Å². The van der Waals surface area contributed by atoms with Gasteiger partial charge in [0.1, 0.15) is 12.2 Å². The van der Waals surface area contributed by atoms with Gasteiger partial charge in [-0.15, -0.1) is 10.2 Å². The minimum absolute atomic E-state index is 0.500. The number of aromatic nitrogens is 3. The van der Waals surface area contributed by atoms with E-state index in [2.05, 4.69) is 44.1 Å². The standard InChI is InChI=1S/C20H37N7O/c1-3-9-26-10-5-18(6-11-26)24-20(22-14-17-7-13-28-15-17)21-8-12-27-16-23-25-19(27)4-2/h16-18H,3-15H2,1-2H3,(H2,21,22,24). The molecule has 8 nitrogen and oxygen atoms in total. The van der Waals surface area contributed by atoms with E-state index in [0.717, 1.165) is 57.5 Å². The van der Waals surface area contributed by atoms with Crippen molar-refractivity contribution in [1.29, 1.82) is 0 Å². The number of hydrogen-bond acceptors (Lipinski definition) is 5. The summed E-state index contributed by atoms with van der Waals surface area (Å²) in [6.45, 7) is 12.1. The Hall–Kier alpha value is -1.67. The molecule has 1 unspecified atom stereocenters. The Kier molecular flexibility index (Phi) is 8.54. The largest absolute Gasteiger partial charge is 0.381 e. The maximum atomic E-state index is 5.50. The van der Waals surface area contributed by atoms with Gasteiger partial charge >= 0.3 is 0 Å². The first-order valence-electron chi connectivity index (χ1n) is 11.0. The van der Waals surface area contributed by atoms with Gasteiger partial charge < -0.3 is 24.8 Å². The fraction of sp³-hybridized carbons (Fsp3) is 0.850. The van der Waals surface area contributed by atoms with E-state index in [0.29, 0.717) is 12.0 Å². The van der Waals surface area contributed by atoms with Crippen molar-refractivity contribution in [2.45, 2.75) is 58.5 Å². The van der Waals surface area contributed by atoms with Crippen LogP contribution in [0, 0.1) is 5.92 Å². The molecule has 3 rings (SSSR count). The minimum atomic E-state index is 0.500. The van der Waals surface area contributed by atoms with E-state index in [4.69, 9.17) is 9.73 Å². The lowest BCUT2D eigenvalue weighted by atomic mass is 10.1. The normalized spacial score (nSPS) is 21.9. The molecule has 2 aliphatic heterocycles. The van der Waals surface area contributed by atoms with Crippen molar-refractivity contribution in [3.8, 4) is 0 Å². The van der Waals surface area contributed by atoms with Crippen LogP contribution in [0.25, 0.3) is 0 Å². The maximum absolute atomic E-state index is 5.50. The molecule has 2 fully saturated rings. The second-order valence-corrected chi connectivity index (χ2v) is 7.90. The number of hydrogen-bond donors (Lipinski definition) is 2. The Morgan fingerprint density at radius 3 is 2.82 bits per heavy atom. The van der Waals surface area contributed by atoms with Crippen LogP contribution in [0.3, 0.4) is 0 Å². The Labute approximate surface area is 169 Å². The number of guanidine groups is 1. The van der Waals surface area contributed by atoms with Crippen LogP contribution < -0.4 is 10.6 Å². The first-order chi connectivity index (χ1) is 13.8. The number of aliphatic imine (C=N–C) groups is 1. The quantitative estimate of drug-likeness (QED) is 0.488. The third kappa shape index (κ3) is 6.44. The average molecular weight is 392 g/mol. The van der Waals surface area contributed by atoms with Crippen molar-refractivity contribution in [2.75, 3.05) is 45.9 Å². The zero-order valence-corrected chi connectivity index (χ0v) is 17.6. The molecule has 0 aliphatic carbocycles. The Balaban J connectivity index is 1.50. The fourth-order valence-electron chi connectivity index (χ4n) is 3.95. The van der Waals surface area contributed by atoms with Crippen molar-refractivity contribution < 1.29 is 4.74 Å². The highest BCUT2D eigenvalue weighted by molar-refractivity contribution is 5.80. The molecule has 0 saturated carbocycles. The fourth-order valence-corrected chi connectivity index (χ4v) is 3.95. The molecule has 158 valence electrons. The number of ether oxygens (including phenoxy) is 1. The van der Waals surface area contributed by atoms with E-state index < -0.39 is 0 Å². The van der Waals surface area contributed by atoms with Gasteiger partial charge in [-0.05, 0) is 32.2 Å². The van der Waals surface area contributed by atoms with Crippen molar-refractivity contribution in [1.82, 2.24) is 30.3 Å². The maximum Gasteiger partial charge on any atom is 0.191 e. The predicted octanol–water partition coefficient (Wildman–Crippen LogP) is 1.29. The van der Waals surface area contributed by atoms with Crippen LogP contribution in [-0.2, 0) is 17.7 Å². The first kappa shape index (κ1) is 21.0. The van der Waals surface area contributed by atoms with Gasteiger partial charge in [0.25, 0.3) is 0 Å². The van der Waals surface area contributed by atoms with Gasteiger partial charge in [-0.1, -0.05) is 13.8 Å². The number of aryl methyl sites for hydroxylation is 1. The second-order valence-electron chi connectivity index (χ2n) is 7.90. The molecule has 0 spiro atoms. The first-order valence-corrected chi connectivity index (χ1v) is 11.0. The monoisotopic (exact) mass is 391 g/mol. The summed E-state index contributed by atoms with van der Waals surface area (Å²) in [5.74, 6) is 2.51. The van der Waals surface area contributed by atoms with Crippen LogP contribution in [-0.4, -0.2) is 77.6 Å². The Bertz CT molecular complexity index is 589. The molecular weight excluding hydrogens is 354 g/mol. The second kappa shape index (κ2) is 11.4. The minimum Gasteiger partial charge on any atom is -0.381 e. The molecule has 2 aliphatic rings. The highest BCUT2D eigenvalue weighted by atomic mass is 16.5. The van der Waals surface area contributed by atoms with Gasteiger partial charge in [0.05, 0.1) is 6.61 Å². The molecule has 8 heteroatoms. The van der Waals surface area contributed by atoms with Crippen molar-refractivity contribution >= 4 is 5.96 Å². The van der Waals surface area contributed by atoms with E-state index in [-0.39, 0.29) is 0 Å². The lowest BCUT2D eigenvalue weighted by molar-refractivity contribution is 0.187. The van der Waals surface area contributed by atoms with E-state index in [9.17, 15) is 0 Å². The number of piperidine rings is 1. The summed E-state index contributed by atoms with van der Waals surface area (Å²) in [7, 11) is 0. The van der Waals surface area contributed by atoms with Crippen LogP contribution >= 0.6 is 0 Å². The summed E-state index contributed by atoms with van der Waals surface area (Å²) < 4.78 is 7.61. The molecule has 0 aromatic carbocycles. The Morgan fingerprint density at radius 1 is 1.25 bits per heavy atom. The molecule has 0 bridgehead atoms. The summed E-state index contributed by atoms with van der Waals surface area (Å²) in [5, 5.41) is 15.4. The molecule has 3 heterocycles. The van der Waals surface area contributed by atoms with E-state index >= 15 is 0 Å². The smallest absolute Gasteiger partial charge is 0.191 e. The molecule has 1 atom stereocenters. The summed E-state index contributed by atoms with van der Waals surface area (Å²) in [4.78, 5) is 7.44. The molecule has 28 heavy (non-hydrogen) atoms.